The molecule has 1 aliphatic rings. The number of benzene rings is 1. The summed E-state index contributed by atoms with van der Waals surface area (Å²) >= 11 is 0. The molecule has 122 valence electrons. The van der Waals surface area contributed by atoms with Crippen LogP contribution in [0, 0.1) is 5.82 Å². The molecule has 1 saturated carbocycles. The van der Waals surface area contributed by atoms with Crippen LogP contribution in [0.5, 0.6) is 0 Å². The molecule has 0 amide bonds. The van der Waals surface area contributed by atoms with Gasteiger partial charge in [-0.15, -0.1) is 0 Å². The molecule has 3 N–H and O–H groups in total. The van der Waals surface area contributed by atoms with Gasteiger partial charge in [-0.2, -0.15) is 0 Å². The summed E-state index contributed by atoms with van der Waals surface area (Å²) in [6.45, 7) is 3.37. The Bertz CT molecular complexity index is 485. The van der Waals surface area contributed by atoms with Crippen molar-refractivity contribution in [3.63, 3.8) is 0 Å². The normalized spacial score (nSPS) is 22.4. The molecule has 0 radical (unpaired) electrons. The van der Waals surface area contributed by atoms with Gasteiger partial charge in [-0.1, -0.05) is 18.2 Å². The van der Waals surface area contributed by atoms with E-state index in [1.807, 2.05) is 13.0 Å². The van der Waals surface area contributed by atoms with Crippen LogP contribution in [0.15, 0.2) is 29.3 Å². The monoisotopic (exact) mass is 307 g/mol. The Balaban J connectivity index is 1.85. The lowest BCUT2D eigenvalue weighted by atomic mass is 9.93. The van der Waals surface area contributed by atoms with E-state index in [0.717, 1.165) is 38.2 Å². The van der Waals surface area contributed by atoms with Gasteiger partial charge in [-0.05, 0) is 50.7 Å². The van der Waals surface area contributed by atoms with Crippen molar-refractivity contribution in [2.45, 2.75) is 51.2 Å². The smallest absolute Gasteiger partial charge is 0.191 e. The Hall–Kier alpha value is -1.62. The Labute approximate surface area is 131 Å². The summed E-state index contributed by atoms with van der Waals surface area (Å²) in [7, 11) is 0. The molecule has 0 atom stereocenters. The van der Waals surface area contributed by atoms with Crippen LogP contribution in [-0.4, -0.2) is 36.3 Å². The van der Waals surface area contributed by atoms with Crippen LogP contribution in [0.25, 0.3) is 0 Å². The molecule has 1 aromatic rings. The first-order valence-corrected chi connectivity index (χ1v) is 8.15. The van der Waals surface area contributed by atoms with Gasteiger partial charge in [-0.25, -0.2) is 4.39 Å². The summed E-state index contributed by atoms with van der Waals surface area (Å²) in [5, 5.41) is 16.2. The van der Waals surface area contributed by atoms with Crippen molar-refractivity contribution in [2.75, 3.05) is 13.1 Å². The average Bonchev–Trinajstić information content (AvgIpc) is 2.51. The maximum Gasteiger partial charge on any atom is 0.191 e. The predicted molar refractivity (Wildman–Crippen MR) is 87.5 cm³/mol. The Morgan fingerprint density at radius 3 is 2.68 bits per heavy atom. The molecule has 1 aromatic carbocycles. The topological polar surface area (TPSA) is 56.7 Å². The van der Waals surface area contributed by atoms with E-state index in [1.54, 1.807) is 12.1 Å². The molecule has 22 heavy (non-hydrogen) atoms. The van der Waals surface area contributed by atoms with E-state index in [-0.39, 0.29) is 11.9 Å². The third-order valence-corrected chi connectivity index (χ3v) is 3.99. The fourth-order valence-corrected chi connectivity index (χ4v) is 2.72. The molecule has 0 aromatic heterocycles. The Kier molecular flexibility index (Phi) is 6.65. The first-order valence-electron chi connectivity index (χ1n) is 8.15. The van der Waals surface area contributed by atoms with Gasteiger partial charge in [0.25, 0.3) is 0 Å². The number of guanidine groups is 1. The minimum absolute atomic E-state index is 0.154. The summed E-state index contributed by atoms with van der Waals surface area (Å²) in [5.41, 5.74) is 0.697. The summed E-state index contributed by atoms with van der Waals surface area (Å²) < 4.78 is 13.6. The third kappa shape index (κ3) is 5.30. The van der Waals surface area contributed by atoms with E-state index in [0.29, 0.717) is 24.6 Å². The lowest BCUT2D eigenvalue weighted by Gasteiger charge is -2.27. The Morgan fingerprint density at radius 2 is 2.00 bits per heavy atom. The number of rotatable bonds is 5. The molecule has 4 nitrogen and oxygen atoms in total. The maximum atomic E-state index is 13.6. The standard InChI is InChI=1S/C17H26FN3O/c1-2-19-17(21-14-7-9-15(22)10-8-14)20-12-11-13-5-3-4-6-16(13)18/h3-6,14-15,22H,2,7-12H2,1H3,(H2,19,20,21). The number of hydrogen-bond acceptors (Lipinski definition) is 2. The lowest BCUT2D eigenvalue weighted by molar-refractivity contribution is 0.120. The fourth-order valence-electron chi connectivity index (χ4n) is 2.72. The molecule has 0 saturated heterocycles. The van der Waals surface area contributed by atoms with Gasteiger partial charge in [-0.3, -0.25) is 4.99 Å². The van der Waals surface area contributed by atoms with Crippen molar-refractivity contribution in [3.05, 3.63) is 35.6 Å². The molecular formula is C17H26FN3O. The molecule has 0 unspecified atom stereocenters. The molecule has 1 fully saturated rings. The highest BCUT2D eigenvalue weighted by atomic mass is 19.1. The second-order valence-electron chi connectivity index (χ2n) is 5.75. The molecule has 0 spiro atoms. The lowest BCUT2D eigenvalue weighted by Crippen LogP contribution is -2.45. The maximum absolute atomic E-state index is 13.6. The SMILES string of the molecule is CCNC(=NCCc1ccccc1F)NC1CCC(O)CC1. The molecule has 5 heteroatoms. The van der Waals surface area contributed by atoms with E-state index < -0.39 is 0 Å². The molecule has 0 heterocycles. The van der Waals surface area contributed by atoms with Gasteiger partial charge in [0.2, 0.25) is 0 Å². The largest absolute Gasteiger partial charge is 0.393 e. The van der Waals surface area contributed by atoms with E-state index in [2.05, 4.69) is 15.6 Å². The highest BCUT2D eigenvalue weighted by molar-refractivity contribution is 5.80. The highest BCUT2D eigenvalue weighted by Gasteiger charge is 2.19. The third-order valence-electron chi connectivity index (χ3n) is 3.99. The van der Waals surface area contributed by atoms with Gasteiger partial charge < -0.3 is 15.7 Å². The van der Waals surface area contributed by atoms with E-state index in [9.17, 15) is 9.50 Å². The fraction of sp³-hybridized carbons (Fsp3) is 0.588. The first-order chi connectivity index (χ1) is 10.7. The predicted octanol–water partition coefficient (Wildman–Crippen LogP) is 2.23. The van der Waals surface area contributed by atoms with Gasteiger partial charge in [0.15, 0.2) is 5.96 Å². The van der Waals surface area contributed by atoms with Crippen molar-refractivity contribution < 1.29 is 9.50 Å². The number of aliphatic hydroxyl groups is 1. The molecule has 0 aliphatic heterocycles. The second-order valence-corrected chi connectivity index (χ2v) is 5.75. The zero-order chi connectivity index (χ0) is 15.8. The van der Waals surface area contributed by atoms with Crippen LogP contribution in [0.1, 0.15) is 38.2 Å². The number of nitrogens with zero attached hydrogens (tertiary/aromatic N) is 1. The molecule has 2 rings (SSSR count). The van der Waals surface area contributed by atoms with Crippen LogP contribution in [-0.2, 0) is 6.42 Å². The summed E-state index contributed by atoms with van der Waals surface area (Å²) in [5.74, 6) is 0.608. The first kappa shape index (κ1) is 16.7. The van der Waals surface area contributed by atoms with Gasteiger partial charge in [0.1, 0.15) is 5.82 Å². The summed E-state index contributed by atoms with van der Waals surface area (Å²) in [6, 6.07) is 7.18. The van der Waals surface area contributed by atoms with Crippen LogP contribution in [0.2, 0.25) is 0 Å². The zero-order valence-electron chi connectivity index (χ0n) is 13.2. The van der Waals surface area contributed by atoms with Crippen molar-refractivity contribution in [3.8, 4) is 0 Å². The minimum Gasteiger partial charge on any atom is -0.393 e. The number of aliphatic hydroxyl groups excluding tert-OH is 1. The number of halogens is 1. The van der Waals surface area contributed by atoms with Crippen LogP contribution in [0.3, 0.4) is 0 Å². The van der Waals surface area contributed by atoms with Crippen molar-refractivity contribution >= 4 is 5.96 Å². The summed E-state index contributed by atoms with van der Waals surface area (Å²) in [4.78, 5) is 4.53. The van der Waals surface area contributed by atoms with Crippen LogP contribution < -0.4 is 10.6 Å². The van der Waals surface area contributed by atoms with Gasteiger partial charge in [0.05, 0.1) is 6.10 Å². The van der Waals surface area contributed by atoms with Crippen molar-refractivity contribution in [1.82, 2.24) is 10.6 Å². The van der Waals surface area contributed by atoms with Crippen LogP contribution >= 0.6 is 0 Å². The van der Waals surface area contributed by atoms with Gasteiger partial charge in [0, 0.05) is 19.1 Å². The molecular weight excluding hydrogens is 281 g/mol. The highest BCUT2D eigenvalue weighted by Crippen LogP contribution is 2.18. The number of hydrogen-bond donors (Lipinski definition) is 3. The number of nitrogens with one attached hydrogen (secondary N) is 2. The van der Waals surface area contributed by atoms with E-state index in [1.165, 1.54) is 6.07 Å². The van der Waals surface area contributed by atoms with Crippen LogP contribution in [0.4, 0.5) is 4.39 Å². The van der Waals surface area contributed by atoms with Gasteiger partial charge >= 0.3 is 0 Å². The van der Waals surface area contributed by atoms with E-state index in [4.69, 9.17) is 0 Å². The molecule has 1 aliphatic carbocycles. The quantitative estimate of drug-likeness (QED) is 0.577. The Morgan fingerprint density at radius 1 is 1.27 bits per heavy atom. The van der Waals surface area contributed by atoms with E-state index >= 15 is 0 Å². The van der Waals surface area contributed by atoms with Crippen molar-refractivity contribution in [1.29, 1.82) is 0 Å². The second kappa shape index (κ2) is 8.73. The van der Waals surface area contributed by atoms with Crippen molar-refractivity contribution in [2.24, 2.45) is 4.99 Å². The molecule has 0 bridgehead atoms. The minimum atomic E-state index is -0.170. The average molecular weight is 307 g/mol. The number of aliphatic imine (C=N–C) groups is 1. The zero-order valence-corrected chi connectivity index (χ0v) is 13.2. The summed E-state index contributed by atoms with van der Waals surface area (Å²) in [6.07, 6.45) is 4.03.